The number of hydrogen-bond acceptors (Lipinski definition) is 5. The molecular weight excluding hydrogens is 348 g/mol. The van der Waals surface area contributed by atoms with E-state index in [2.05, 4.69) is 15.5 Å². The molecule has 0 spiro atoms. The maximum Gasteiger partial charge on any atom is 0.307 e. The molecule has 0 unspecified atom stereocenters. The fourth-order valence-corrected chi connectivity index (χ4v) is 2.57. The van der Waals surface area contributed by atoms with Crippen LogP contribution in [0.1, 0.15) is 25.0 Å². The van der Waals surface area contributed by atoms with Crippen LogP contribution in [0.25, 0.3) is 0 Å². The van der Waals surface area contributed by atoms with Crippen LogP contribution in [0.5, 0.6) is 0 Å². The van der Waals surface area contributed by atoms with Gasteiger partial charge >= 0.3 is 5.69 Å². The van der Waals surface area contributed by atoms with E-state index >= 15 is 0 Å². The lowest BCUT2D eigenvalue weighted by atomic mass is 10.1. The van der Waals surface area contributed by atoms with E-state index in [-0.39, 0.29) is 11.6 Å². The number of carbonyl (C=O) groups is 1. The highest BCUT2D eigenvalue weighted by Crippen LogP contribution is 2.20. The van der Waals surface area contributed by atoms with Gasteiger partial charge in [-0.25, -0.2) is 0 Å². The third kappa shape index (κ3) is 3.86. The van der Waals surface area contributed by atoms with Crippen LogP contribution in [-0.2, 0) is 16.9 Å². The molecule has 2 aromatic heterocycles. The summed E-state index contributed by atoms with van der Waals surface area (Å²) in [6, 6.07) is 9.73. The molecule has 0 aliphatic rings. The topological polar surface area (TPSA) is 108 Å². The van der Waals surface area contributed by atoms with E-state index in [4.69, 9.17) is 0 Å². The average molecular weight is 368 g/mol. The normalized spacial score (nSPS) is 11.4. The van der Waals surface area contributed by atoms with Gasteiger partial charge in [0.2, 0.25) is 0 Å². The fourth-order valence-electron chi connectivity index (χ4n) is 2.57. The first-order valence-corrected chi connectivity index (χ1v) is 8.36. The molecule has 3 rings (SSSR count). The van der Waals surface area contributed by atoms with E-state index in [1.807, 2.05) is 31.2 Å². The SMILES string of the molecule is Cc1ccccc1Cn1ccc(NC(=O)C(C)(C)n2cc([N+](=O)[O-])cn2)n1. The Balaban J connectivity index is 1.71. The van der Waals surface area contributed by atoms with Crippen molar-refractivity contribution in [2.45, 2.75) is 32.9 Å². The van der Waals surface area contributed by atoms with Gasteiger partial charge in [-0.15, -0.1) is 0 Å². The number of rotatable bonds is 6. The molecule has 0 aliphatic heterocycles. The number of nitrogens with zero attached hydrogens (tertiary/aromatic N) is 5. The van der Waals surface area contributed by atoms with E-state index in [1.54, 1.807) is 30.8 Å². The van der Waals surface area contributed by atoms with Crippen molar-refractivity contribution in [2.24, 2.45) is 0 Å². The Labute approximate surface area is 155 Å². The summed E-state index contributed by atoms with van der Waals surface area (Å²) in [5.74, 6) is 0.0324. The minimum Gasteiger partial charge on any atom is -0.307 e. The van der Waals surface area contributed by atoms with Crippen LogP contribution in [-0.4, -0.2) is 30.4 Å². The van der Waals surface area contributed by atoms with E-state index in [1.165, 1.54) is 16.4 Å². The van der Waals surface area contributed by atoms with Gasteiger partial charge in [0.1, 0.15) is 17.9 Å². The number of aryl methyl sites for hydroxylation is 1. The molecule has 0 saturated carbocycles. The summed E-state index contributed by atoms with van der Waals surface area (Å²) in [6.07, 6.45) is 4.14. The summed E-state index contributed by atoms with van der Waals surface area (Å²) < 4.78 is 3.01. The van der Waals surface area contributed by atoms with Crippen molar-refractivity contribution < 1.29 is 9.72 Å². The zero-order valence-corrected chi connectivity index (χ0v) is 15.3. The first-order chi connectivity index (χ1) is 12.8. The molecule has 0 atom stereocenters. The Hall–Kier alpha value is -3.49. The summed E-state index contributed by atoms with van der Waals surface area (Å²) in [5, 5.41) is 21.9. The highest BCUT2D eigenvalue weighted by molar-refractivity contribution is 5.95. The molecule has 0 radical (unpaired) electrons. The highest BCUT2D eigenvalue weighted by Gasteiger charge is 2.32. The van der Waals surface area contributed by atoms with Gasteiger partial charge in [-0.3, -0.25) is 24.3 Å². The van der Waals surface area contributed by atoms with Gasteiger partial charge in [-0.1, -0.05) is 24.3 Å². The van der Waals surface area contributed by atoms with Crippen LogP contribution in [0.4, 0.5) is 11.5 Å². The predicted octanol–water partition coefficient (Wildman–Crippen LogP) is 2.72. The van der Waals surface area contributed by atoms with E-state index < -0.39 is 10.5 Å². The molecule has 0 bridgehead atoms. The molecule has 0 saturated heterocycles. The van der Waals surface area contributed by atoms with Crippen molar-refractivity contribution >= 4 is 17.4 Å². The molecule has 1 N–H and O–H groups in total. The van der Waals surface area contributed by atoms with Crippen molar-refractivity contribution in [1.82, 2.24) is 19.6 Å². The lowest BCUT2D eigenvalue weighted by Gasteiger charge is -2.23. The monoisotopic (exact) mass is 368 g/mol. The van der Waals surface area contributed by atoms with Gasteiger partial charge in [-0.2, -0.15) is 10.2 Å². The van der Waals surface area contributed by atoms with E-state index in [0.29, 0.717) is 12.4 Å². The largest absolute Gasteiger partial charge is 0.307 e. The first-order valence-electron chi connectivity index (χ1n) is 8.36. The third-order valence-corrected chi connectivity index (χ3v) is 4.38. The second-order valence-corrected chi connectivity index (χ2v) is 6.74. The molecule has 9 nitrogen and oxygen atoms in total. The van der Waals surface area contributed by atoms with Gasteiger partial charge in [0.15, 0.2) is 5.82 Å². The molecule has 27 heavy (non-hydrogen) atoms. The summed E-state index contributed by atoms with van der Waals surface area (Å²) in [4.78, 5) is 22.9. The van der Waals surface area contributed by atoms with Gasteiger partial charge in [0.05, 0.1) is 11.5 Å². The number of benzene rings is 1. The Morgan fingerprint density at radius 2 is 2.04 bits per heavy atom. The Kier molecular flexibility index (Phi) is 4.76. The van der Waals surface area contributed by atoms with Crippen molar-refractivity contribution in [3.63, 3.8) is 0 Å². The molecule has 9 heteroatoms. The molecular formula is C18H20N6O3. The quantitative estimate of drug-likeness (QED) is 0.532. The van der Waals surface area contributed by atoms with Crippen LogP contribution in [0.3, 0.4) is 0 Å². The maximum atomic E-state index is 12.6. The van der Waals surface area contributed by atoms with Gasteiger partial charge in [0.25, 0.3) is 5.91 Å². The number of carbonyl (C=O) groups excluding carboxylic acids is 1. The molecule has 0 aliphatic carbocycles. The van der Waals surface area contributed by atoms with Crippen LogP contribution in [0.15, 0.2) is 48.9 Å². The third-order valence-electron chi connectivity index (χ3n) is 4.38. The minimum atomic E-state index is -1.12. The van der Waals surface area contributed by atoms with E-state index in [0.717, 1.165) is 11.8 Å². The number of hydrogen-bond donors (Lipinski definition) is 1. The molecule has 3 aromatic rings. The highest BCUT2D eigenvalue weighted by atomic mass is 16.6. The number of nitrogens with one attached hydrogen (secondary N) is 1. The smallest absolute Gasteiger partial charge is 0.307 e. The van der Waals surface area contributed by atoms with Crippen LogP contribution in [0.2, 0.25) is 0 Å². The molecule has 2 heterocycles. The zero-order chi connectivity index (χ0) is 19.6. The number of aromatic nitrogens is 4. The minimum absolute atomic E-state index is 0.168. The Bertz CT molecular complexity index is 988. The predicted molar refractivity (Wildman–Crippen MR) is 99.3 cm³/mol. The fraction of sp³-hybridized carbons (Fsp3) is 0.278. The maximum absolute atomic E-state index is 12.6. The second-order valence-electron chi connectivity index (χ2n) is 6.74. The molecule has 1 aromatic carbocycles. The average Bonchev–Trinajstić information content (AvgIpc) is 3.27. The number of nitro groups is 1. The molecule has 1 amide bonds. The first kappa shape index (κ1) is 18.3. The second kappa shape index (κ2) is 7.02. The van der Waals surface area contributed by atoms with Crippen molar-refractivity contribution in [3.8, 4) is 0 Å². The number of amides is 1. The van der Waals surface area contributed by atoms with Gasteiger partial charge in [0, 0.05) is 12.3 Å². The molecule has 140 valence electrons. The summed E-state index contributed by atoms with van der Waals surface area (Å²) >= 11 is 0. The Morgan fingerprint density at radius 1 is 1.30 bits per heavy atom. The van der Waals surface area contributed by atoms with Crippen LogP contribution < -0.4 is 5.32 Å². The summed E-state index contributed by atoms with van der Waals surface area (Å²) in [5.41, 5.74) is 1.02. The molecule has 0 fully saturated rings. The number of anilines is 1. The van der Waals surface area contributed by atoms with Crippen molar-refractivity contribution in [3.05, 3.63) is 70.2 Å². The van der Waals surface area contributed by atoms with Crippen LogP contribution >= 0.6 is 0 Å². The van der Waals surface area contributed by atoms with Gasteiger partial charge in [-0.05, 0) is 31.9 Å². The standard InChI is InChI=1S/C18H20N6O3/c1-13-6-4-5-7-14(13)11-22-9-8-16(21-22)20-17(25)18(2,3)23-12-15(10-19-23)24(26)27/h4-10,12H,11H2,1-3H3,(H,20,21,25). The lowest BCUT2D eigenvalue weighted by Crippen LogP contribution is -2.40. The Morgan fingerprint density at radius 3 is 2.70 bits per heavy atom. The van der Waals surface area contributed by atoms with E-state index in [9.17, 15) is 14.9 Å². The van der Waals surface area contributed by atoms with Crippen molar-refractivity contribution in [2.75, 3.05) is 5.32 Å². The lowest BCUT2D eigenvalue weighted by molar-refractivity contribution is -0.385. The zero-order valence-electron chi connectivity index (χ0n) is 15.3. The summed E-state index contributed by atoms with van der Waals surface area (Å²) in [6.45, 7) is 5.89. The van der Waals surface area contributed by atoms with Crippen LogP contribution in [0, 0.1) is 17.0 Å². The van der Waals surface area contributed by atoms with Gasteiger partial charge < -0.3 is 5.32 Å². The summed E-state index contributed by atoms with van der Waals surface area (Å²) in [7, 11) is 0. The van der Waals surface area contributed by atoms with Crippen molar-refractivity contribution in [1.29, 1.82) is 0 Å².